The molecule has 0 N–H and O–H groups in total. The van der Waals surface area contributed by atoms with Gasteiger partial charge in [0.1, 0.15) is 11.5 Å². The summed E-state index contributed by atoms with van der Waals surface area (Å²) < 4.78 is 8.92. The number of aryl methyl sites for hydroxylation is 1. The highest BCUT2D eigenvalue weighted by Gasteiger charge is 2.32. The summed E-state index contributed by atoms with van der Waals surface area (Å²) in [6.45, 7) is 2.14. The van der Waals surface area contributed by atoms with Crippen molar-refractivity contribution in [3.05, 3.63) is 132 Å². The van der Waals surface area contributed by atoms with Crippen LogP contribution in [0.5, 0.6) is 5.75 Å². The summed E-state index contributed by atoms with van der Waals surface area (Å²) in [5, 5.41) is 2.05. The minimum atomic E-state index is -0.0705. The molecule has 6 aromatic rings. The smallest absolute Gasteiger partial charge is 0.274 e. The second kappa shape index (κ2) is 8.29. The van der Waals surface area contributed by atoms with Gasteiger partial charge in [-0.1, -0.05) is 72.0 Å². The molecule has 6 heteroatoms. The molecule has 0 saturated carbocycles. The zero-order valence-electron chi connectivity index (χ0n) is 19.3. The molecule has 36 heavy (non-hydrogen) atoms. The van der Waals surface area contributed by atoms with Crippen molar-refractivity contribution in [3.63, 3.8) is 0 Å². The Labute approximate surface area is 215 Å². The van der Waals surface area contributed by atoms with E-state index in [1.807, 2.05) is 54.6 Å². The Morgan fingerprint density at radius 1 is 0.917 bits per heavy atom. The Bertz CT molecular complexity index is 1910. The highest BCUT2D eigenvalue weighted by molar-refractivity contribution is 7.15. The van der Waals surface area contributed by atoms with Gasteiger partial charge in [0.05, 0.1) is 20.4 Å². The van der Waals surface area contributed by atoms with E-state index in [1.165, 1.54) is 22.5 Å². The minimum Gasteiger partial charge on any atom is -0.455 e. The third-order valence-corrected chi connectivity index (χ3v) is 8.53. The molecule has 0 unspecified atom stereocenters. The average molecular weight is 505 g/mol. The molecule has 0 amide bonds. The summed E-state index contributed by atoms with van der Waals surface area (Å²) in [6.07, 6.45) is 2.03. The fraction of sp³-hybridized carbons (Fsp3) is 0.0667. The Balaban J connectivity index is 1.56. The first kappa shape index (κ1) is 21.3. The van der Waals surface area contributed by atoms with Gasteiger partial charge in [-0.05, 0) is 53.8 Å². The maximum Gasteiger partial charge on any atom is 0.274 e. The van der Waals surface area contributed by atoms with E-state index in [-0.39, 0.29) is 11.5 Å². The monoisotopic (exact) mass is 504 g/mol. The highest BCUT2D eigenvalue weighted by atomic mass is 32.1. The molecule has 0 radical (unpaired) electrons. The van der Waals surface area contributed by atoms with E-state index in [0.29, 0.717) is 9.49 Å². The van der Waals surface area contributed by atoms with Crippen LogP contribution in [0.25, 0.3) is 27.8 Å². The van der Waals surface area contributed by atoms with Crippen molar-refractivity contribution in [1.82, 2.24) is 9.38 Å². The van der Waals surface area contributed by atoms with Crippen molar-refractivity contribution in [2.45, 2.75) is 12.8 Å². The lowest BCUT2D eigenvalue weighted by atomic mass is 9.80. The topological polar surface area (TPSA) is 43.6 Å². The largest absolute Gasteiger partial charge is 0.455 e. The molecular weight excluding hydrogens is 484 g/mol. The molecule has 7 rings (SSSR count). The second-order valence-corrected chi connectivity index (χ2v) is 10.8. The number of thiazole rings is 1. The van der Waals surface area contributed by atoms with Gasteiger partial charge in [0.15, 0.2) is 4.96 Å². The molecule has 4 heterocycles. The van der Waals surface area contributed by atoms with Crippen LogP contribution in [-0.2, 0) is 0 Å². The number of benzene rings is 3. The Hall–Kier alpha value is -4.00. The summed E-state index contributed by atoms with van der Waals surface area (Å²) in [4.78, 5) is 20.1. The van der Waals surface area contributed by atoms with Crippen molar-refractivity contribution in [1.29, 1.82) is 0 Å². The lowest BCUT2D eigenvalue weighted by Crippen LogP contribution is -2.25. The number of hydrogen-bond acceptors (Lipinski definition) is 5. The molecule has 0 spiro atoms. The molecule has 174 valence electrons. The van der Waals surface area contributed by atoms with E-state index in [0.717, 1.165) is 38.6 Å². The maximum absolute atomic E-state index is 13.7. The minimum absolute atomic E-state index is 0.0517. The molecule has 0 aliphatic carbocycles. The molecule has 1 atom stereocenters. The van der Waals surface area contributed by atoms with Gasteiger partial charge < -0.3 is 4.74 Å². The van der Waals surface area contributed by atoms with Gasteiger partial charge in [-0.3, -0.25) is 4.79 Å². The summed E-state index contributed by atoms with van der Waals surface area (Å²) in [5.74, 6) is 1.58. The zero-order valence-corrected chi connectivity index (χ0v) is 21.0. The van der Waals surface area contributed by atoms with Crippen LogP contribution in [0.3, 0.4) is 0 Å². The van der Waals surface area contributed by atoms with Crippen LogP contribution < -0.4 is 14.8 Å². The lowest BCUT2D eigenvalue weighted by molar-refractivity contribution is 0.490. The maximum atomic E-state index is 13.7. The Kier molecular flexibility index (Phi) is 4.91. The number of allylic oxidation sites excluding steroid dienone is 1. The van der Waals surface area contributed by atoms with E-state index in [9.17, 15) is 4.79 Å². The summed E-state index contributed by atoms with van der Waals surface area (Å²) in [7, 11) is 0. The van der Waals surface area contributed by atoms with E-state index >= 15 is 0 Å². The van der Waals surface area contributed by atoms with Crippen LogP contribution in [-0.4, -0.2) is 9.38 Å². The number of thiophene rings is 1. The fourth-order valence-corrected chi connectivity index (χ4v) is 6.73. The van der Waals surface area contributed by atoms with Gasteiger partial charge in [0.25, 0.3) is 5.56 Å². The first-order valence-corrected chi connectivity index (χ1v) is 13.4. The third-order valence-electron chi connectivity index (χ3n) is 6.69. The van der Waals surface area contributed by atoms with E-state index in [2.05, 4.69) is 48.7 Å². The van der Waals surface area contributed by atoms with Gasteiger partial charge in [-0.2, -0.15) is 0 Å². The molecule has 0 fully saturated rings. The number of hydrogen-bond donors (Lipinski definition) is 0. The van der Waals surface area contributed by atoms with Gasteiger partial charge in [0, 0.05) is 17.1 Å². The number of ether oxygens (including phenoxy) is 1. The quantitative estimate of drug-likeness (QED) is 0.280. The first-order chi connectivity index (χ1) is 17.7. The van der Waals surface area contributed by atoms with Crippen LogP contribution in [0.4, 0.5) is 0 Å². The molecule has 0 saturated heterocycles. The fourth-order valence-electron chi connectivity index (χ4n) is 5.03. The van der Waals surface area contributed by atoms with Crippen molar-refractivity contribution >= 4 is 50.5 Å². The number of aromatic nitrogens is 2. The average Bonchev–Trinajstić information content (AvgIpc) is 3.62. The molecule has 3 aromatic carbocycles. The number of rotatable bonds is 3. The third kappa shape index (κ3) is 3.26. The number of nitrogens with zero attached hydrogens (tertiary/aromatic N) is 2. The SMILES string of the molecule is Cc1ccccc1[C@@H]1C(/C=c2\sc3nc4ccccc4n3c2=O)=C(c2cccs2)Oc2ccccc21. The summed E-state index contributed by atoms with van der Waals surface area (Å²) >= 11 is 3.06. The van der Waals surface area contributed by atoms with Gasteiger partial charge in [0.2, 0.25) is 0 Å². The van der Waals surface area contributed by atoms with Crippen molar-refractivity contribution in [2.75, 3.05) is 0 Å². The Morgan fingerprint density at radius 2 is 1.69 bits per heavy atom. The molecule has 0 bridgehead atoms. The van der Waals surface area contributed by atoms with Crippen LogP contribution in [0.2, 0.25) is 0 Å². The molecular formula is C30H20N2O2S2. The normalized spacial score (nSPS) is 16.0. The van der Waals surface area contributed by atoms with Crippen LogP contribution in [0, 0.1) is 6.92 Å². The number of imidazole rings is 1. The Morgan fingerprint density at radius 3 is 2.53 bits per heavy atom. The van der Waals surface area contributed by atoms with E-state index < -0.39 is 0 Å². The summed E-state index contributed by atoms with van der Waals surface area (Å²) in [6, 6.07) is 28.5. The number of para-hydroxylation sites is 3. The molecule has 1 aliphatic heterocycles. The van der Waals surface area contributed by atoms with E-state index in [4.69, 9.17) is 9.72 Å². The van der Waals surface area contributed by atoms with Crippen LogP contribution in [0.15, 0.2) is 101 Å². The van der Waals surface area contributed by atoms with Crippen LogP contribution >= 0.6 is 22.7 Å². The zero-order chi connectivity index (χ0) is 24.2. The van der Waals surface area contributed by atoms with Crippen molar-refractivity contribution in [3.8, 4) is 5.75 Å². The highest BCUT2D eigenvalue weighted by Crippen LogP contribution is 2.47. The van der Waals surface area contributed by atoms with E-state index in [1.54, 1.807) is 15.7 Å². The van der Waals surface area contributed by atoms with Gasteiger partial charge in [-0.15, -0.1) is 11.3 Å². The van der Waals surface area contributed by atoms with Crippen molar-refractivity contribution < 1.29 is 4.74 Å². The molecule has 1 aliphatic rings. The standard InChI is InChI=1S/C30H20N2O2S2/c1-18-9-2-3-10-19(18)27-20-11-4-7-14-24(20)34-28(25-15-8-16-35-25)21(27)17-26-29(33)32-23-13-6-5-12-22(23)31-30(32)36-26/h2-17,27H,1H3/b26-17-/t27-/m0/s1. The van der Waals surface area contributed by atoms with Gasteiger partial charge in [-0.25, -0.2) is 9.38 Å². The van der Waals surface area contributed by atoms with Crippen LogP contribution in [0.1, 0.15) is 27.5 Å². The lowest BCUT2D eigenvalue weighted by Gasteiger charge is -2.30. The van der Waals surface area contributed by atoms with Crippen molar-refractivity contribution in [2.24, 2.45) is 0 Å². The molecule has 3 aromatic heterocycles. The first-order valence-electron chi connectivity index (χ1n) is 11.7. The van der Waals surface area contributed by atoms with Gasteiger partial charge >= 0.3 is 0 Å². The summed E-state index contributed by atoms with van der Waals surface area (Å²) in [5.41, 5.74) is 6.09. The molecule has 4 nitrogen and oxygen atoms in total. The number of fused-ring (bicyclic) bond motifs is 4. The predicted molar refractivity (Wildman–Crippen MR) is 148 cm³/mol. The second-order valence-electron chi connectivity index (χ2n) is 8.83. The predicted octanol–water partition coefficient (Wildman–Crippen LogP) is 6.41.